The number of aromatic nitrogens is 2. The second-order valence-corrected chi connectivity index (χ2v) is 9.59. The van der Waals surface area contributed by atoms with Gasteiger partial charge < -0.3 is 9.88 Å². The van der Waals surface area contributed by atoms with Crippen LogP contribution in [0.2, 0.25) is 0 Å². The van der Waals surface area contributed by atoms with E-state index in [1.54, 1.807) is 0 Å². The van der Waals surface area contributed by atoms with Crippen LogP contribution in [0.15, 0.2) is 97.4 Å². The van der Waals surface area contributed by atoms with Gasteiger partial charge in [0.25, 0.3) is 0 Å². The van der Waals surface area contributed by atoms with Gasteiger partial charge in [0.2, 0.25) is 0 Å². The third kappa shape index (κ3) is 5.29. The SMILES string of the molecule is C=C/C(=C\C(=C)C1=CC=CCC1)c1c[nH]c2ncc(-c3cccc(CN4CCN(C)CC4)c3)cc12. The molecule has 4 heteroatoms. The van der Waals surface area contributed by atoms with Crippen LogP contribution in [-0.2, 0) is 6.54 Å². The Morgan fingerprint density at radius 2 is 2.00 bits per heavy atom. The smallest absolute Gasteiger partial charge is 0.137 e. The molecular formula is C31H34N4. The van der Waals surface area contributed by atoms with Gasteiger partial charge in [-0.1, -0.05) is 55.7 Å². The van der Waals surface area contributed by atoms with Gasteiger partial charge in [0.15, 0.2) is 0 Å². The molecule has 2 aliphatic rings. The summed E-state index contributed by atoms with van der Waals surface area (Å²) in [5.74, 6) is 0. The lowest BCUT2D eigenvalue weighted by Crippen LogP contribution is -2.43. The van der Waals surface area contributed by atoms with E-state index >= 15 is 0 Å². The van der Waals surface area contributed by atoms with Crippen LogP contribution in [0.4, 0.5) is 0 Å². The first kappa shape index (κ1) is 23.3. The molecule has 1 aromatic carbocycles. The molecule has 0 radical (unpaired) electrons. The monoisotopic (exact) mass is 462 g/mol. The van der Waals surface area contributed by atoms with Crippen LogP contribution in [0, 0.1) is 0 Å². The van der Waals surface area contributed by atoms with Crippen LogP contribution in [0.5, 0.6) is 0 Å². The van der Waals surface area contributed by atoms with Crippen LogP contribution in [0.25, 0.3) is 27.7 Å². The van der Waals surface area contributed by atoms with Crippen molar-refractivity contribution in [1.82, 2.24) is 19.8 Å². The van der Waals surface area contributed by atoms with E-state index in [9.17, 15) is 0 Å². The highest BCUT2D eigenvalue weighted by atomic mass is 15.2. The third-order valence-corrected chi connectivity index (χ3v) is 7.08. The van der Waals surface area contributed by atoms with Crippen molar-refractivity contribution in [3.05, 3.63) is 109 Å². The van der Waals surface area contributed by atoms with Gasteiger partial charge in [-0.25, -0.2) is 4.98 Å². The van der Waals surface area contributed by atoms with E-state index in [1.165, 1.54) is 16.7 Å². The number of pyridine rings is 1. The van der Waals surface area contributed by atoms with E-state index in [0.717, 1.165) is 78.9 Å². The van der Waals surface area contributed by atoms with E-state index in [4.69, 9.17) is 4.98 Å². The van der Waals surface area contributed by atoms with Crippen molar-refractivity contribution in [3.63, 3.8) is 0 Å². The minimum Gasteiger partial charge on any atom is -0.346 e. The minimum atomic E-state index is 0.885. The fourth-order valence-corrected chi connectivity index (χ4v) is 4.91. The van der Waals surface area contributed by atoms with Crippen molar-refractivity contribution < 1.29 is 0 Å². The molecule has 2 aromatic heterocycles. The zero-order valence-corrected chi connectivity index (χ0v) is 20.6. The molecule has 5 rings (SSSR count). The average Bonchev–Trinajstić information content (AvgIpc) is 3.32. The van der Waals surface area contributed by atoms with Gasteiger partial charge in [-0.05, 0) is 65.9 Å². The summed E-state index contributed by atoms with van der Waals surface area (Å²) in [5, 5.41) is 1.10. The molecule has 0 unspecified atom stereocenters. The Morgan fingerprint density at radius 1 is 1.14 bits per heavy atom. The molecule has 1 aliphatic heterocycles. The molecule has 0 spiro atoms. The molecule has 1 aliphatic carbocycles. The first-order valence-electron chi connectivity index (χ1n) is 12.5. The Kier molecular flexibility index (Phi) is 6.94. The zero-order valence-electron chi connectivity index (χ0n) is 20.6. The number of aromatic amines is 1. The summed E-state index contributed by atoms with van der Waals surface area (Å²) >= 11 is 0. The van der Waals surface area contributed by atoms with Crippen molar-refractivity contribution in [1.29, 1.82) is 0 Å². The molecule has 178 valence electrons. The number of rotatable bonds is 7. The van der Waals surface area contributed by atoms with E-state index in [2.05, 4.69) is 89.6 Å². The topological polar surface area (TPSA) is 35.2 Å². The fourth-order valence-electron chi connectivity index (χ4n) is 4.91. The normalized spacial score (nSPS) is 17.5. The van der Waals surface area contributed by atoms with E-state index < -0.39 is 0 Å². The van der Waals surface area contributed by atoms with Crippen molar-refractivity contribution in [2.24, 2.45) is 0 Å². The highest BCUT2D eigenvalue weighted by Crippen LogP contribution is 2.31. The largest absolute Gasteiger partial charge is 0.346 e. The first-order chi connectivity index (χ1) is 17.1. The highest BCUT2D eigenvalue weighted by molar-refractivity contribution is 5.96. The van der Waals surface area contributed by atoms with Gasteiger partial charge in [0.05, 0.1) is 0 Å². The van der Waals surface area contributed by atoms with Crippen LogP contribution in [-0.4, -0.2) is 53.0 Å². The molecule has 0 amide bonds. The number of benzene rings is 1. The molecule has 0 saturated carbocycles. The summed E-state index contributed by atoms with van der Waals surface area (Å²) in [6.07, 6.45) is 16.6. The van der Waals surface area contributed by atoms with Gasteiger partial charge in [-0.15, -0.1) is 0 Å². The molecule has 1 saturated heterocycles. The lowest BCUT2D eigenvalue weighted by Gasteiger charge is -2.32. The van der Waals surface area contributed by atoms with Crippen LogP contribution in [0.3, 0.4) is 0 Å². The summed E-state index contributed by atoms with van der Waals surface area (Å²) in [4.78, 5) is 13.0. The molecule has 3 aromatic rings. The number of hydrogen-bond donors (Lipinski definition) is 1. The van der Waals surface area contributed by atoms with Crippen molar-refractivity contribution >= 4 is 16.6 Å². The summed E-state index contributed by atoms with van der Waals surface area (Å²) < 4.78 is 0. The number of H-pyrrole nitrogens is 1. The number of nitrogens with zero attached hydrogens (tertiary/aromatic N) is 3. The van der Waals surface area contributed by atoms with Gasteiger partial charge in [0.1, 0.15) is 5.65 Å². The Bertz CT molecular complexity index is 1330. The predicted octanol–water partition coefficient (Wildman–Crippen LogP) is 6.38. The lowest BCUT2D eigenvalue weighted by atomic mass is 9.94. The van der Waals surface area contributed by atoms with E-state index in [0.29, 0.717) is 0 Å². The number of piperazine rings is 1. The number of fused-ring (bicyclic) bond motifs is 1. The Balaban J connectivity index is 1.43. The summed E-state index contributed by atoms with van der Waals surface area (Å²) in [5.41, 5.74) is 9.04. The Morgan fingerprint density at radius 3 is 2.77 bits per heavy atom. The second-order valence-electron chi connectivity index (χ2n) is 9.59. The minimum absolute atomic E-state index is 0.885. The van der Waals surface area contributed by atoms with Gasteiger partial charge >= 0.3 is 0 Å². The summed E-state index contributed by atoms with van der Waals surface area (Å²) in [7, 11) is 2.20. The zero-order chi connectivity index (χ0) is 24.2. The van der Waals surface area contributed by atoms with E-state index in [-0.39, 0.29) is 0 Å². The molecule has 35 heavy (non-hydrogen) atoms. The van der Waals surface area contributed by atoms with E-state index in [1.807, 2.05) is 18.5 Å². The number of likely N-dealkylation sites (N-methyl/N-ethyl adjacent to an activating group) is 1. The van der Waals surface area contributed by atoms with Gasteiger partial charge in [-0.2, -0.15) is 0 Å². The summed E-state index contributed by atoms with van der Waals surface area (Å²) in [6, 6.07) is 11.1. The van der Waals surface area contributed by atoms with Crippen LogP contribution >= 0.6 is 0 Å². The highest BCUT2D eigenvalue weighted by Gasteiger charge is 2.15. The Labute approximate surface area is 208 Å². The standard InChI is InChI=1S/C31H34N4/c1-4-25(17-23(2)26-10-6-5-7-11-26)30-21-33-31-29(30)19-28(20-32-31)27-12-8-9-24(18-27)22-35-15-13-34(3)14-16-35/h4-6,8-10,12,17-21H,1-2,7,11,13-16,22H2,3H3,(H,32,33)/b25-17+. The van der Waals surface area contributed by atoms with Crippen LogP contribution in [0.1, 0.15) is 24.0 Å². The number of hydrogen-bond acceptors (Lipinski definition) is 3. The molecule has 0 bridgehead atoms. The van der Waals surface area contributed by atoms with Gasteiger partial charge in [0, 0.05) is 61.6 Å². The molecular weight excluding hydrogens is 428 g/mol. The maximum atomic E-state index is 4.74. The molecule has 3 heterocycles. The van der Waals surface area contributed by atoms with Crippen molar-refractivity contribution in [3.8, 4) is 11.1 Å². The maximum Gasteiger partial charge on any atom is 0.137 e. The average molecular weight is 463 g/mol. The molecule has 1 N–H and O–H groups in total. The lowest BCUT2D eigenvalue weighted by molar-refractivity contribution is 0.148. The first-order valence-corrected chi connectivity index (χ1v) is 12.5. The van der Waals surface area contributed by atoms with Crippen molar-refractivity contribution in [2.45, 2.75) is 19.4 Å². The molecule has 1 fully saturated rings. The third-order valence-electron chi connectivity index (χ3n) is 7.08. The predicted molar refractivity (Wildman–Crippen MR) is 148 cm³/mol. The molecule has 0 atom stereocenters. The summed E-state index contributed by atoms with van der Waals surface area (Å²) in [6.45, 7) is 13.9. The number of allylic oxidation sites excluding steroid dienone is 8. The second kappa shape index (κ2) is 10.4. The van der Waals surface area contributed by atoms with Crippen molar-refractivity contribution in [2.75, 3.05) is 33.2 Å². The number of nitrogens with one attached hydrogen (secondary N) is 1. The quantitative estimate of drug-likeness (QED) is 0.414. The molecule has 4 nitrogen and oxygen atoms in total. The Hall–Kier alpha value is -3.47. The van der Waals surface area contributed by atoms with Crippen LogP contribution < -0.4 is 0 Å². The van der Waals surface area contributed by atoms with Gasteiger partial charge in [-0.3, -0.25) is 4.90 Å². The fraction of sp³-hybridized carbons (Fsp3) is 0.258. The maximum absolute atomic E-state index is 4.74.